The van der Waals surface area contributed by atoms with Crippen LogP contribution in [0.5, 0.6) is 0 Å². The lowest BCUT2D eigenvalue weighted by Gasteiger charge is -2.36. The van der Waals surface area contributed by atoms with Crippen molar-refractivity contribution in [2.45, 2.75) is 6.92 Å². The zero-order valence-electron chi connectivity index (χ0n) is 11.9. The number of nitrogens with zero attached hydrogens (tertiary/aromatic N) is 2. The molecular weight excluding hydrogens is 292 g/mol. The van der Waals surface area contributed by atoms with E-state index in [-0.39, 0.29) is 18.4 Å². The fraction of sp³-hybridized carbons (Fsp3) is 0.429. The highest BCUT2D eigenvalue weighted by molar-refractivity contribution is 6.33. The van der Waals surface area contributed by atoms with Gasteiger partial charge >= 0.3 is 0 Å². The van der Waals surface area contributed by atoms with Gasteiger partial charge in [-0.05, 0) is 12.1 Å². The molecule has 2 N–H and O–H groups in total. The molecule has 21 heavy (non-hydrogen) atoms. The average Bonchev–Trinajstić information content (AvgIpc) is 2.47. The molecule has 0 unspecified atom stereocenters. The smallest absolute Gasteiger partial charge is 0.252 e. The van der Waals surface area contributed by atoms with Crippen LogP contribution in [0.4, 0.5) is 5.69 Å². The van der Waals surface area contributed by atoms with Crippen molar-refractivity contribution in [2.75, 3.05) is 37.6 Å². The third-order valence-corrected chi connectivity index (χ3v) is 3.63. The third-order valence-electron chi connectivity index (χ3n) is 3.31. The van der Waals surface area contributed by atoms with E-state index in [2.05, 4.69) is 15.8 Å². The monoisotopic (exact) mass is 310 g/mol. The second kappa shape index (κ2) is 7.28. The zero-order chi connectivity index (χ0) is 15.2. The fourth-order valence-corrected chi connectivity index (χ4v) is 2.51. The van der Waals surface area contributed by atoms with E-state index in [1.54, 1.807) is 0 Å². The number of carbonyl (C=O) groups excluding carboxylic acids is 2. The predicted molar refractivity (Wildman–Crippen MR) is 82.1 cm³/mol. The maximum atomic E-state index is 11.6. The van der Waals surface area contributed by atoms with Crippen molar-refractivity contribution in [3.05, 3.63) is 29.3 Å². The molecule has 0 bridgehead atoms. The minimum Gasteiger partial charge on any atom is -0.368 e. The average molecular weight is 311 g/mol. The Balaban J connectivity index is 1.79. The van der Waals surface area contributed by atoms with Crippen molar-refractivity contribution in [1.82, 2.24) is 15.8 Å². The Morgan fingerprint density at radius 1 is 1.14 bits per heavy atom. The zero-order valence-corrected chi connectivity index (χ0v) is 12.7. The molecule has 1 aliphatic heterocycles. The van der Waals surface area contributed by atoms with Crippen molar-refractivity contribution < 1.29 is 9.59 Å². The van der Waals surface area contributed by atoms with E-state index in [9.17, 15) is 9.59 Å². The first-order valence-corrected chi connectivity index (χ1v) is 7.21. The molecule has 2 amide bonds. The van der Waals surface area contributed by atoms with Gasteiger partial charge in [0, 0.05) is 33.1 Å². The summed E-state index contributed by atoms with van der Waals surface area (Å²) < 4.78 is 0. The van der Waals surface area contributed by atoms with Gasteiger partial charge in [-0.15, -0.1) is 0 Å². The summed E-state index contributed by atoms with van der Waals surface area (Å²) >= 11 is 6.19. The van der Waals surface area contributed by atoms with Gasteiger partial charge in [-0.25, -0.2) is 0 Å². The van der Waals surface area contributed by atoms with Crippen LogP contribution >= 0.6 is 11.6 Å². The number of amides is 2. The molecule has 0 aromatic heterocycles. The molecule has 1 fully saturated rings. The Bertz CT molecular complexity index is 515. The number of hydrazine groups is 1. The van der Waals surface area contributed by atoms with Crippen LogP contribution in [0.2, 0.25) is 5.02 Å². The van der Waals surface area contributed by atoms with Gasteiger partial charge in [-0.1, -0.05) is 23.7 Å². The molecule has 0 saturated carbocycles. The van der Waals surface area contributed by atoms with E-state index in [1.165, 1.54) is 6.92 Å². The van der Waals surface area contributed by atoms with Gasteiger partial charge < -0.3 is 4.90 Å². The lowest BCUT2D eigenvalue weighted by Crippen LogP contribution is -2.51. The molecule has 7 heteroatoms. The Morgan fingerprint density at radius 3 is 2.43 bits per heavy atom. The van der Waals surface area contributed by atoms with Crippen LogP contribution in [-0.4, -0.2) is 49.4 Å². The topological polar surface area (TPSA) is 64.7 Å². The summed E-state index contributed by atoms with van der Waals surface area (Å²) in [6.07, 6.45) is 0. The summed E-state index contributed by atoms with van der Waals surface area (Å²) in [4.78, 5) is 26.6. The number of para-hydroxylation sites is 1. The fourth-order valence-electron chi connectivity index (χ4n) is 2.26. The van der Waals surface area contributed by atoms with Crippen molar-refractivity contribution in [3.63, 3.8) is 0 Å². The predicted octanol–water partition coefficient (Wildman–Crippen LogP) is 0.629. The molecule has 1 aliphatic rings. The van der Waals surface area contributed by atoms with Crippen molar-refractivity contribution >= 4 is 29.1 Å². The Morgan fingerprint density at radius 2 is 1.81 bits per heavy atom. The third kappa shape index (κ3) is 4.61. The van der Waals surface area contributed by atoms with Crippen molar-refractivity contribution in [2.24, 2.45) is 0 Å². The summed E-state index contributed by atoms with van der Waals surface area (Å²) in [5.74, 6) is -0.497. The number of nitrogens with one attached hydrogen (secondary N) is 2. The molecule has 114 valence electrons. The number of halogens is 1. The Labute approximate surface area is 129 Å². The van der Waals surface area contributed by atoms with E-state index < -0.39 is 0 Å². The van der Waals surface area contributed by atoms with Crippen molar-refractivity contribution in [1.29, 1.82) is 0 Å². The Hall–Kier alpha value is -1.79. The minimum atomic E-state index is -0.285. The molecule has 0 aliphatic carbocycles. The van der Waals surface area contributed by atoms with Gasteiger partial charge in [0.15, 0.2) is 0 Å². The van der Waals surface area contributed by atoms with Gasteiger partial charge in [0.2, 0.25) is 5.91 Å². The van der Waals surface area contributed by atoms with Crippen LogP contribution in [0, 0.1) is 0 Å². The molecule has 1 aromatic rings. The normalized spacial score (nSPS) is 15.6. The Kier molecular flexibility index (Phi) is 5.41. The van der Waals surface area contributed by atoms with E-state index in [1.807, 2.05) is 29.2 Å². The SMILES string of the molecule is CC(=O)NNC(=O)CN1CCN(c2ccccc2Cl)CC1. The summed E-state index contributed by atoms with van der Waals surface area (Å²) in [5, 5.41) is 0.745. The van der Waals surface area contributed by atoms with Gasteiger partial charge in [-0.2, -0.15) is 0 Å². The first-order chi connectivity index (χ1) is 10.1. The summed E-state index contributed by atoms with van der Waals surface area (Å²) in [7, 11) is 0. The van der Waals surface area contributed by atoms with E-state index in [0.29, 0.717) is 0 Å². The second-order valence-electron chi connectivity index (χ2n) is 4.94. The number of hydrogen-bond acceptors (Lipinski definition) is 4. The number of benzene rings is 1. The number of rotatable bonds is 3. The van der Waals surface area contributed by atoms with Crippen LogP contribution in [0.1, 0.15) is 6.92 Å². The summed E-state index contributed by atoms with van der Waals surface area (Å²) in [6, 6.07) is 7.76. The van der Waals surface area contributed by atoms with Crippen LogP contribution < -0.4 is 15.8 Å². The highest BCUT2D eigenvalue weighted by atomic mass is 35.5. The van der Waals surface area contributed by atoms with Crippen LogP contribution in [-0.2, 0) is 9.59 Å². The minimum absolute atomic E-state index is 0.212. The van der Waals surface area contributed by atoms with Crippen LogP contribution in [0.15, 0.2) is 24.3 Å². The second-order valence-corrected chi connectivity index (χ2v) is 5.35. The number of anilines is 1. The van der Waals surface area contributed by atoms with Crippen LogP contribution in [0.3, 0.4) is 0 Å². The molecule has 0 spiro atoms. The quantitative estimate of drug-likeness (QED) is 0.804. The largest absolute Gasteiger partial charge is 0.368 e. The van der Waals surface area contributed by atoms with Crippen LogP contribution in [0.25, 0.3) is 0 Å². The molecule has 1 aromatic carbocycles. The molecule has 1 heterocycles. The highest BCUT2D eigenvalue weighted by Gasteiger charge is 2.20. The molecule has 0 atom stereocenters. The lowest BCUT2D eigenvalue weighted by molar-refractivity contribution is -0.128. The number of carbonyl (C=O) groups is 2. The van der Waals surface area contributed by atoms with Gasteiger partial charge in [0.05, 0.1) is 17.3 Å². The molecule has 6 nitrogen and oxygen atoms in total. The molecule has 1 saturated heterocycles. The van der Waals surface area contributed by atoms with Crippen molar-refractivity contribution in [3.8, 4) is 0 Å². The standard InChI is InChI=1S/C14H19ClN4O2/c1-11(20)16-17-14(21)10-18-6-8-19(9-7-18)13-5-3-2-4-12(13)15/h2-5H,6-10H2,1H3,(H,16,20)(H,17,21). The summed E-state index contributed by atoms with van der Waals surface area (Å²) in [5.41, 5.74) is 5.68. The van der Waals surface area contributed by atoms with E-state index >= 15 is 0 Å². The lowest BCUT2D eigenvalue weighted by atomic mass is 10.2. The van der Waals surface area contributed by atoms with Gasteiger partial charge in [0.25, 0.3) is 5.91 Å². The molecule has 2 rings (SSSR count). The number of hydrogen-bond donors (Lipinski definition) is 2. The highest BCUT2D eigenvalue weighted by Crippen LogP contribution is 2.25. The first kappa shape index (κ1) is 15.6. The summed E-state index contributed by atoms with van der Waals surface area (Å²) in [6.45, 7) is 4.81. The first-order valence-electron chi connectivity index (χ1n) is 6.83. The maximum Gasteiger partial charge on any atom is 0.252 e. The van der Waals surface area contributed by atoms with Gasteiger partial charge in [0.1, 0.15) is 0 Å². The van der Waals surface area contributed by atoms with E-state index in [0.717, 1.165) is 36.9 Å². The maximum absolute atomic E-state index is 11.6. The van der Waals surface area contributed by atoms with Gasteiger partial charge in [-0.3, -0.25) is 25.3 Å². The molecular formula is C14H19ClN4O2. The van der Waals surface area contributed by atoms with E-state index in [4.69, 9.17) is 11.6 Å². The molecule has 0 radical (unpaired) electrons. The number of piperazine rings is 1.